The molecule has 1 fully saturated rings. The van der Waals surface area contributed by atoms with Crippen molar-refractivity contribution in [3.05, 3.63) is 0 Å². The van der Waals surface area contributed by atoms with Gasteiger partial charge in [-0.2, -0.15) is 0 Å². The fourth-order valence-electron chi connectivity index (χ4n) is 1.49. The minimum atomic E-state index is -2.87. The maximum absolute atomic E-state index is 11.3. The largest absolute Gasteiger partial charge is 0.354 e. The van der Waals surface area contributed by atoms with Crippen LogP contribution in [0.3, 0.4) is 0 Å². The van der Waals surface area contributed by atoms with Gasteiger partial charge in [0.1, 0.15) is 4.32 Å². The Morgan fingerprint density at radius 2 is 2.15 bits per heavy atom. The van der Waals surface area contributed by atoms with Gasteiger partial charge in [0, 0.05) is 7.05 Å². The summed E-state index contributed by atoms with van der Waals surface area (Å²) >= 11 is 8.94. The van der Waals surface area contributed by atoms with Crippen molar-refractivity contribution in [3.8, 4) is 0 Å². The second-order valence-corrected chi connectivity index (χ2v) is 6.98. The number of hydrogen-bond acceptors (Lipinski definition) is 3. The second-order valence-electron chi connectivity index (χ2n) is 3.68. The van der Waals surface area contributed by atoms with Gasteiger partial charge in [0.05, 0.1) is 17.0 Å². The average Bonchev–Trinajstić information content (AvgIpc) is 2.25. The summed E-state index contributed by atoms with van der Waals surface area (Å²) in [4.78, 5) is 1.76. The molecule has 76 valence electrons. The minimum absolute atomic E-state index is 0.178. The number of nitrogens with zero attached hydrogens (tertiary/aromatic N) is 1. The first-order valence-corrected chi connectivity index (χ1v) is 6.62. The molecule has 3 nitrogen and oxygen atoms in total. The van der Waals surface area contributed by atoms with Crippen molar-refractivity contribution in [2.75, 3.05) is 18.6 Å². The van der Waals surface area contributed by atoms with Gasteiger partial charge in [-0.25, -0.2) is 8.42 Å². The third-order valence-electron chi connectivity index (χ3n) is 2.58. The molecule has 6 heteroatoms. The van der Waals surface area contributed by atoms with Crippen LogP contribution in [0.1, 0.15) is 13.3 Å². The molecule has 0 N–H and O–H groups in total. The summed E-state index contributed by atoms with van der Waals surface area (Å²) in [5, 5.41) is 0. The van der Waals surface area contributed by atoms with E-state index in [-0.39, 0.29) is 17.0 Å². The monoisotopic (exact) mass is 239 g/mol. The molecule has 0 aromatic heterocycles. The van der Waals surface area contributed by atoms with Crippen LogP contribution >= 0.6 is 24.8 Å². The molecule has 1 saturated heterocycles. The van der Waals surface area contributed by atoms with Crippen molar-refractivity contribution in [3.63, 3.8) is 0 Å². The Morgan fingerprint density at radius 1 is 1.62 bits per heavy atom. The van der Waals surface area contributed by atoms with Crippen molar-refractivity contribution in [1.82, 2.24) is 4.90 Å². The molecular formula is C7H13NO2S3. The molecule has 0 spiro atoms. The van der Waals surface area contributed by atoms with E-state index in [1.165, 1.54) is 0 Å². The SMILES string of the molecule is CN(C(=S)S)C1(C)CCS(=O)(=O)C1. The normalized spacial score (nSPS) is 31.6. The molecule has 1 aliphatic rings. The molecule has 13 heavy (non-hydrogen) atoms. The van der Waals surface area contributed by atoms with E-state index in [2.05, 4.69) is 12.6 Å². The van der Waals surface area contributed by atoms with Crippen molar-refractivity contribution < 1.29 is 8.42 Å². The number of hydrogen-bond donors (Lipinski definition) is 1. The summed E-state index contributed by atoms with van der Waals surface area (Å²) in [5.74, 6) is 0.432. The second kappa shape index (κ2) is 3.40. The maximum Gasteiger partial charge on any atom is 0.152 e. The van der Waals surface area contributed by atoms with Crippen molar-refractivity contribution in [2.24, 2.45) is 0 Å². The molecule has 1 unspecified atom stereocenters. The summed E-state index contributed by atoms with van der Waals surface area (Å²) in [5.41, 5.74) is -0.363. The van der Waals surface area contributed by atoms with E-state index in [1.807, 2.05) is 6.92 Å². The van der Waals surface area contributed by atoms with Gasteiger partial charge in [0.15, 0.2) is 9.84 Å². The van der Waals surface area contributed by atoms with E-state index in [9.17, 15) is 8.42 Å². The van der Waals surface area contributed by atoms with Gasteiger partial charge in [-0.05, 0) is 13.3 Å². The van der Waals surface area contributed by atoms with E-state index in [0.29, 0.717) is 10.7 Å². The van der Waals surface area contributed by atoms with E-state index < -0.39 is 9.84 Å². The Morgan fingerprint density at radius 3 is 2.46 bits per heavy atom. The first-order valence-electron chi connectivity index (χ1n) is 3.94. The third kappa shape index (κ3) is 2.35. The highest BCUT2D eigenvalue weighted by Gasteiger charge is 2.41. The zero-order valence-corrected chi connectivity index (χ0v) is 10.2. The predicted molar refractivity (Wildman–Crippen MR) is 61.0 cm³/mol. The third-order valence-corrected chi connectivity index (χ3v) is 5.04. The van der Waals surface area contributed by atoms with Crippen LogP contribution < -0.4 is 0 Å². The first kappa shape index (κ1) is 11.3. The maximum atomic E-state index is 11.3. The van der Waals surface area contributed by atoms with Gasteiger partial charge in [-0.15, -0.1) is 12.6 Å². The predicted octanol–water partition coefficient (Wildman–Crippen LogP) is 0.710. The fraction of sp³-hybridized carbons (Fsp3) is 0.857. The van der Waals surface area contributed by atoms with Gasteiger partial charge in [0.25, 0.3) is 0 Å². The Hall–Kier alpha value is 0.190. The highest BCUT2D eigenvalue weighted by molar-refractivity contribution is 8.10. The smallest absolute Gasteiger partial charge is 0.152 e. The standard InChI is InChI=1S/C7H13NO2S3/c1-7(8(2)6(11)12)3-4-13(9,10)5-7/h3-5H2,1-2H3,(H,11,12). The first-order chi connectivity index (χ1) is 5.77. The lowest BCUT2D eigenvalue weighted by atomic mass is 10.0. The highest BCUT2D eigenvalue weighted by Crippen LogP contribution is 2.29. The van der Waals surface area contributed by atoms with E-state index in [0.717, 1.165) is 0 Å². The Labute approximate surface area is 89.8 Å². The summed E-state index contributed by atoms with van der Waals surface area (Å²) in [7, 11) is -1.08. The van der Waals surface area contributed by atoms with Gasteiger partial charge in [-0.3, -0.25) is 0 Å². The zero-order chi connectivity index (χ0) is 10.3. The topological polar surface area (TPSA) is 37.4 Å². The lowest BCUT2D eigenvalue weighted by molar-refractivity contribution is 0.271. The lowest BCUT2D eigenvalue weighted by Crippen LogP contribution is -2.46. The average molecular weight is 239 g/mol. The highest BCUT2D eigenvalue weighted by atomic mass is 32.2. The number of sulfone groups is 1. The van der Waals surface area contributed by atoms with Crippen LogP contribution in [0.4, 0.5) is 0 Å². The van der Waals surface area contributed by atoms with Crippen molar-refractivity contribution in [2.45, 2.75) is 18.9 Å². The molecular weight excluding hydrogens is 226 g/mol. The summed E-state index contributed by atoms with van der Waals surface area (Å²) in [6.45, 7) is 1.90. The van der Waals surface area contributed by atoms with Crippen LogP contribution in [0.15, 0.2) is 0 Å². The molecule has 0 aliphatic carbocycles. The molecule has 0 amide bonds. The Bertz CT molecular complexity index is 325. The zero-order valence-electron chi connectivity index (χ0n) is 7.65. The molecule has 0 aromatic carbocycles. The molecule has 0 saturated carbocycles. The minimum Gasteiger partial charge on any atom is -0.354 e. The van der Waals surface area contributed by atoms with Gasteiger partial charge >= 0.3 is 0 Å². The van der Waals surface area contributed by atoms with Gasteiger partial charge in [0.2, 0.25) is 0 Å². The van der Waals surface area contributed by atoms with Crippen molar-refractivity contribution >= 4 is 39.0 Å². The summed E-state index contributed by atoms with van der Waals surface area (Å²) < 4.78 is 23.0. The molecule has 0 radical (unpaired) electrons. The quantitative estimate of drug-likeness (QED) is 0.540. The van der Waals surface area contributed by atoms with Crippen LogP contribution in [0.2, 0.25) is 0 Å². The molecule has 0 aromatic rings. The van der Waals surface area contributed by atoms with Crippen LogP contribution in [0.25, 0.3) is 0 Å². The van der Waals surface area contributed by atoms with Crippen LogP contribution in [0, 0.1) is 0 Å². The van der Waals surface area contributed by atoms with Crippen LogP contribution in [-0.4, -0.2) is 41.7 Å². The van der Waals surface area contributed by atoms with Crippen molar-refractivity contribution in [1.29, 1.82) is 0 Å². The molecule has 0 bridgehead atoms. The van der Waals surface area contributed by atoms with Gasteiger partial charge < -0.3 is 4.90 Å². The summed E-state index contributed by atoms with van der Waals surface area (Å²) in [6.07, 6.45) is 0.631. The van der Waals surface area contributed by atoms with Crippen LogP contribution in [0.5, 0.6) is 0 Å². The number of thiol groups is 1. The molecule has 1 heterocycles. The Balaban J connectivity index is 2.87. The fourth-order valence-corrected chi connectivity index (χ4v) is 4.13. The lowest BCUT2D eigenvalue weighted by Gasteiger charge is -2.34. The number of thiocarbonyl (C=S) groups is 1. The summed E-state index contributed by atoms with van der Waals surface area (Å²) in [6, 6.07) is 0. The van der Waals surface area contributed by atoms with E-state index >= 15 is 0 Å². The van der Waals surface area contributed by atoms with E-state index in [1.54, 1.807) is 11.9 Å². The number of rotatable bonds is 1. The van der Waals surface area contributed by atoms with Crippen LogP contribution in [-0.2, 0) is 9.84 Å². The Kier molecular flexibility index (Phi) is 2.95. The molecule has 1 rings (SSSR count). The molecule has 1 aliphatic heterocycles. The molecule has 1 atom stereocenters. The van der Waals surface area contributed by atoms with E-state index in [4.69, 9.17) is 12.2 Å². The van der Waals surface area contributed by atoms with Gasteiger partial charge in [-0.1, -0.05) is 12.2 Å².